The first-order chi connectivity index (χ1) is 9.69. The molecule has 21 heavy (non-hydrogen) atoms. The highest BCUT2D eigenvalue weighted by Gasteiger charge is 2.68. The zero-order chi connectivity index (χ0) is 15.8. The first-order valence-corrected chi connectivity index (χ1v) is 7.28. The molecule has 1 amide bonds. The molecule has 0 saturated heterocycles. The summed E-state index contributed by atoms with van der Waals surface area (Å²) in [6, 6.07) is 9.30. The number of hydrogen-bond acceptors (Lipinski definition) is 2. The summed E-state index contributed by atoms with van der Waals surface area (Å²) >= 11 is 0. The van der Waals surface area contributed by atoms with Crippen LogP contribution >= 0.6 is 0 Å². The van der Waals surface area contributed by atoms with Crippen molar-refractivity contribution in [1.29, 1.82) is 0 Å². The van der Waals surface area contributed by atoms with Gasteiger partial charge in [-0.05, 0) is 23.0 Å². The van der Waals surface area contributed by atoms with Crippen molar-refractivity contribution in [3.8, 4) is 0 Å². The van der Waals surface area contributed by atoms with Gasteiger partial charge in [-0.2, -0.15) is 0 Å². The first kappa shape index (κ1) is 15.5. The molecule has 4 heteroatoms. The summed E-state index contributed by atoms with van der Waals surface area (Å²) in [6.45, 7) is 8.58. The molecule has 1 fully saturated rings. The summed E-state index contributed by atoms with van der Waals surface area (Å²) in [7, 11) is 0. The van der Waals surface area contributed by atoms with Crippen molar-refractivity contribution < 1.29 is 14.7 Å². The van der Waals surface area contributed by atoms with Crippen LogP contribution in [0.3, 0.4) is 0 Å². The van der Waals surface area contributed by atoms with E-state index in [1.807, 2.05) is 30.3 Å². The largest absolute Gasteiger partial charge is 0.481 e. The number of hydrogen-bond donors (Lipinski definition) is 1. The Bertz CT molecular complexity index is 534. The molecule has 0 spiro atoms. The molecule has 2 rings (SSSR count). The topological polar surface area (TPSA) is 57.6 Å². The molecule has 1 aromatic rings. The van der Waals surface area contributed by atoms with Gasteiger partial charge in [-0.15, -0.1) is 0 Å². The van der Waals surface area contributed by atoms with Crippen molar-refractivity contribution in [3.63, 3.8) is 0 Å². The normalized spacial score (nSPS) is 19.0. The van der Waals surface area contributed by atoms with E-state index in [2.05, 4.69) is 27.7 Å². The summed E-state index contributed by atoms with van der Waals surface area (Å²) in [6.07, 6.45) is -0.0474. The number of para-hydroxylation sites is 1. The van der Waals surface area contributed by atoms with Crippen molar-refractivity contribution in [2.24, 2.45) is 16.7 Å². The summed E-state index contributed by atoms with van der Waals surface area (Å²) in [5.41, 5.74) is 0.656. The molecule has 0 heterocycles. The fourth-order valence-corrected chi connectivity index (χ4v) is 3.15. The molecule has 0 bridgehead atoms. The van der Waals surface area contributed by atoms with Crippen LogP contribution in [0.25, 0.3) is 0 Å². The average molecular weight is 289 g/mol. The highest BCUT2D eigenvalue weighted by Crippen LogP contribution is 2.68. The van der Waals surface area contributed by atoms with E-state index in [9.17, 15) is 9.59 Å². The van der Waals surface area contributed by atoms with Gasteiger partial charge in [0.15, 0.2) is 0 Å². The van der Waals surface area contributed by atoms with Crippen LogP contribution in [0.5, 0.6) is 0 Å². The van der Waals surface area contributed by atoms with Crippen LogP contribution in [0.15, 0.2) is 30.3 Å². The highest BCUT2D eigenvalue weighted by atomic mass is 16.4. The van der Waals surface area contributed by atoms with E-state index >= 15 is 0 Å². The Morgan fingerprint density at radius 1 is 1.10 bits per heavy atom. The summed E-state index contributed by atoms with van der Waals surface area (Å²) < 4.78 is 0. The molecule has 0 unspecified atom stereocenters. The number of rotatable bonds is 5. The van der Waals surface area contributed by atoms with Crippen LogP contribution in [0, 0.1) is 16.7 Å². The van der Waals surface area contributed by atoms with Crippen molar-refractivity contribution in [2.45, 2.75) is 34.1 Å². The number of carboxylic acid groups (broad SMARTS) is 1. The van der Waals surface area contributed by atoms with Crippen LogP contribution in [-0.4, -0.2) is 23.5 Å². The number of carbonyl (C=O) groups is 2. The maximum absolute atomic E-state index is 12.9. The van der Waals surface area contributed by atoms with Crippen molar-refractivity contribution >= 4 is 17.6 Å². The van der Waals surface area contributed by atoms with Crippen molar-refractivity contribution in [2.75, 3.05) is 11.4 Å². The maximum atomic E-state index is 12.9. The van der Waals surface area contributed by atoms with Gasteiger partial charge in [0.25, 0.3) is 0 Å². The highest BCUT2D eigenvalue weighted by molar-refractivity contribution is 5.98. The van der Waals surface area contributed by atoms with Crippen LogP contribution < -0.4 is 4.90 Å². The fourth-order valence-electron chi connectivity index (χ4n) is 3.15. The summed E-state index contributed by atoms with van der Waals surface area (Å²) in [5, 5.41) is 8.91. The smallest absolute Gasteiger partial charge is 0.305 e. The van der Waals surface area contributed by atoms with Gasteiger partial charge in [-0.1, -0.05) is 45.9 Å². The van der Waals surface area contributed by atoms with E-state index in [1.54, 1.807) is 4.90 Å². The van der Waals surface area contributed by atoms with Gasteiger partial charge in [0, 0.05) is 18.2 Å². The number of amides is 1. The van der Waals surface area contributed by atoms with Gasteiger partial charge in [0.2, 0.25) is 5.91 Å². The second-order valence-corrected chi connectivity index (χ2v) is 6.85. The lowest BCUT2D eigenvalue weighted by atomic mass is 10.0. The Labute approximate surface area is 125 Å². The minimum atomic E-state index is -0.891. The molecule has 0 atom stereocenters. The van der Waals surface area contributed by atoms with E-state index in [4.69, 9.17) is 5.11 Å². The molecule has 1 aromatic carbocycles. The second-order valence-electron chi connectivity index (χ2n) is 6.85. The van der Waals surface area contributed by atoms with Crippen molar-refractivity contribution in [3.05, 3.63) is 30.3 Å². The van der Waals surface area contributed by atoms with Gasteiger partial charge in [0.1, 0.15) is 0 Å². The van der Waals surface area contributed by atoms with Gasteiger partial charge in [-0.3, -0.25) is 9.59 Å². The Morgan fingerprint density at radius 2 is 1.62 bits per heavy atom. The number of aliphatic carboxylic acids is 1. The predicted molar refractivity (Wildman–Crippen MR) is 82.1 cm³/mol. The third kappa shape index (κ3) is 2.67. The zero-order valence-corrected chi connectivity index (χ0v) is 13.1. The second kappa shape index (κ2) is 5.17. The number of benzene rings is 1. The van der Waals surface area contributed by atoms with Crippen LogP contribution in [0.2, 0.25) is 0 Å². The predicted octanol–water partition coefficient (Wildman–Crippen LogP) is 3.18. The lowest BCUT2D eigenvalue weighted by molar-refractivity contribution is -0.136. The number of anilines is 1. The van der Waals surface area contributed by atoms with Crippen LogP contribution in [-0.2, 0) is 9.59 Å². The standard InChI is InChI=1S/C17H23NO3/c1-16(2)14(17(16,3)4)15(21)18(11-10-13(19)20)12-8-6-5-7-9-12/h5-9,14H,10-11H2,1-4H3,(H,19,20). The summed E-state index contributed by atoms with van der Waals surface area (Å²) in [5.74, 6) is -0.936. The Balaban J connectivity index is 2.24. The SMILES string of the molecule is CC1(C)C(C(=O)N(CCC(=O)O)c2ccccc2)C1(C)C. The third-order valence-corrected chi connectivity index (χ3v) is 5.15. The van der Waals surface area contributed by atoms with Gasteiger partial charge in [-0.25, -0.2) is 0 Å². The molecule has 114 valence electrons. The lowest BCUT2D eigenvalue weighted by Crippen LogP contribution is -2.35. The lowest BCUT2D eigenvalue weighted by Gasteiger charge is -2.23. The van der Waals surface area contributed by atoms with Crippen molar-refractivity contribution in [1.82, 2.24) is 0 Å². The van der Waals surface area contributed by atoms with Gasteiger partial charge >= 0.3 is 5.97 Å². The Morgan fingerprint density at radius 3 is 2.05 bits per heavy atom. The number of carboxylic acids is 1. The Kier molecular flexibility index (Phi) is 3.83. The fraction of sp³-hybridized carbons (Fsp3) is 0.529. The molecule has 0 aromatic heterocycles. The minimum Gasteiger partial charge on any atom is -0.481 e. The molecule has 1 aliphatic carbocycles. The molecular weight excluding hydrogens is 266 g/mol. The monoisotopic (exact) mass is 289 g/mol. The maximum Gasteiger partial charge on any atom is 0.305 e. The zero-order valence-electron chi connectivity index (χ0n) is 13.1. The molecule has 0 aliphatic heterocycles. The van der Waals surface area contributed by atoms with E-state index < -0.39 is 5.97 Å². The molecule has 1 saturated carbocycles. The third-order valence-electron chi connectivity index (χ3n) is 5.15. The average Bonchev–Trinajstić information content (AvgIpc) is 2.80. The van der Waals surface area contributed by atoms with E-state index in [0.29, 0.717) is 0 Å². The van der Waals surface area contributed by atoms with E-state index in [-0.39, 0.29) is 35.6 Å². The summed E-state index contributed by atoms with van der Waals surface area (Å²) in [4.78, 5) is 25.4. The number of nitrogens with zero attached hydrogens (tertiary/aromatic N) is 1. The molecular formula is C17H23NO3. The quantitative estimate of drug-likeness (QED) is 0.905. The number of carbonyl (C=O) groups excluding carboxylic acids is 1. The molecule has 1 aliphatic rings. The van der Waals surface area contributed by atoms with Crippen LogP contribution in [0.4, 0.5) is 5.69 Å². The Hall–Kier alpha value is -1.84. The first-order valence-electron chi connectivity index (χ1n) is 7.28. The van der Waals surface area contributed by atoms with E-state index in [1.165, 1.54) is 0 Å². The van der Waals surface area contributed by atoms with E-state index in [0.717, 1.165) is 5.69 Å². The van der Waals surface area contributed by atoms with Gasteiger partial charge in [0.05, 0.1) is 6.42 Å². The molecule has 0 radical (unpaired) electrons. The van der Waals surface area contributed by atoms with Crippen LogP contribution in [0.1, 0.15) is 34.1 Å². The van der Waals surface area contributed by atoms with Gasteiger partial charge < -0.3 is 10.0 Å². The molecule has 4 nitrogen and oxygen atoms in total. The molecule has 1 N–H and O–H groups in total. The minimum absolute atomic E-state index is 0.0254.